The van der Waals surface area contributed by atoms with Gasteiger partial charge in [-0.25, -0.2) is 13.4 Å². The van der Waals surface area contributed by atoms with Crippen LogP contribution in [0.2, 0.25) is 0 Å². The number of oxime groups is 1. The number of piperidine rings is 1. The molecule has 0 radical (unpaired) electrons. The first-order chi connectivity index (χ1) is 12.4. The van der Waals surface area contributed by atoms with Crippen molar-refractivity contribution in [3.8, 4) is 0 Å². The molecule has 1 N–H and O–H groups in total. The number of sulfone groups is 1. The van der Waals surface area contributed by atoms with E-state index in [1.165, 1.54) is 0 Å². The molecular weight excluding hydrogens is 358 g/mol. The highest BCUT2D eigenvalue weighted by Crippen LogP contribution is 2.34. The third-order valence-corrected chi connectivity index (χ3v) is 6.85. The molecule has 1 amide bonds. The summed E-state index contributed by atoms with van der Waals surface area (Å²) in [5.41, 5.74) is -0.209. The Labute approximate surface area is 151 Å². The fourth-order valence-corrected chi connectivity index (χ4v) is 5.46. The lowest BCUT2D eigenvalue weighted by Crippen LogP contribution is -2.49. The SMILES string of the molecule is O=C(NC1CCS(=O)(=O)C1)C1=NOC2(CCCN(c3cnccn3)C2)C1. The number of carbonyl (C=O) groups is 1. The average molecular weight is 379 g/mol. The fourth-order valence-electron chi connectivity index (χ4n) is 3.79. The van der Waals surface area contributed by atoms with Crippen molar-refractivity contribution < 1.29 is 18.0 Å². The summed E-state index contributed by atoms with van der Waals surface area (Å²) in [4.78, 5) is 28.6. The zero-order valence-corrected chi connectivity index (χ0v) is 15.1. The molecule has 2 unspecified atom stereocenters. The van der Waals surface area contributed by atoms with Crippen LogP contribution in [0.15, 0.2) is 23.7 Å². The normalized spacial score (nSPS) is 30.1. The Hall–Kier alpha value is -2.23. The second kappa shape index (κ2) is 6.49. The van der Waals surface area contributed by atoms with Gasteiger partial charge in [-0.15, -0.1) is 0 Å². The van der Waals surface area contributed by atoms with Crippen molar-refractivity contribution in [3.63, 3.8) is 0 Å². The minimum absolute atomic E-state index is 0.00151. The lowest BCUT2D eigenvalue weighted by molar-refractivity contribution is -0.115. The van der Waals surface area contributed by atoms with Crippen LogP contribution in [-0.4, -0.2) is 66.2 Å². The molecule has 140 valence electrons. The predicted molar refractivity (Wildman–Crippen MR) is 94.5 cm³/mol. The molecule has 2 saturated heterocycles. The van der Waals surface area contributed by atoms with Crippen molar-refractivity contribution in [1.29, 1.82) is 0 Å². The van der Waals surface area contributed by atoms with E-state index in [0.29, 0.717) is 25.1 Å². The minimum atomic E-state index is -3.03. The van der Waals surface area contributed by atoms with Crippen LogP contribution in [0.25, 0.3) is 0 Å². The van der Waals surface area contributed by atoms with Gasteiger partial charge in [-0.3, -0.25) is 9.78 Å². The Morgan fingerprint density at radius 1 is 1.38 bits per heavy atom. The van der Waals surface area contributed by atoms with Gasteiger partial charge in [0, 0.05) is 31.4 Å². The number of hydrogen-bond donors (Lipinski definition) is 1. The zero-order chi connectivity index (χ0) is 18.2. The molecule has 1 spiro atoms. The van der Waals surface area contributed by atoms with E-state index in [9.17, 15) is 13.2 Å². The van der Waals surface area contributed by atoms with Crippen molar-refractivity contribution in [2.45, 2.75) is 37.3 Å². The summed E-state index contributed by atoms with van der Waals surface area (Å²) in [7, 11) is -3.03. The van der Waals surface area contributed by atoms with Gasteiger partial charge >= 0.3 is 0 Å². The zero-order valence-electron chi connectivity index (χ0n) is 14.3. The third-order valence-electron chi connectivity index (χ3n) is 5.08. The Kier molecular flexibility index (Phi) is 4.29. The molecule has 9 nitrogen and oxygen atoms in total. The van der Waals surface area contributed by atoms with E-state index < -0.39 is 15.4 Å². The van der Waals surface area contributed by atoms with Gasteiger partial charge in [-0.05, 0) is 19.3 Å². The van der Waals surface area contributed by atoms with Crippen molar-refractivity contribution >= 4 is 27.3 Å². The fraction of sp³-hybridized carbons (Fsp3) is 0.625. The molecule has 0 saturated carbocycles. The molecule has 4 rings (SSSR count). The molecule has 2 fully saturated rings. The van der Waals surface area contributed by atoms with Crippen molar-refractivity contribution in [1.82, 2.24) is 15.3 Å². The highest BCUT2D eigenvalue weighted by molar-refractivity contribution is 7.91. The second-order valence-corrected chi connectivity index (χ2v) is 9.38. The van der Waals surface area contributed by atoms with Crippen LogP contribution in [0.4, 0.5) is 5.82 Å². The number of hydrogen-bond acceptors (Lipinski definition) is 8. The molecule has 0 aromatic carbocycles. The smallest absolute Gasteiger partial charge is 0.269 e. The maximum Gasteiger partial charge on any atom is 0.269 e. The number of carbonyl (C=O) groups excluding carboxylic acids is 1. The van der Waals surface area contributed by atoms with Crippen LogP contribution in [0, 0.1) is 0 Å². The second-order valence-electron chi connectivity index (χ2n) is 7.15. The van der Waals surface area contributed by atoms with Gasteiger partial charge in [-0.1, -0.05) is 5.16 Å². The lowest BCUT2D eigenvalue weighted by Gasteiger charge is -2.38. The molecule has 0 aliphatic carbocycles. The van der Waals surface area contributed by atoms with Crippen LogP contribution >= 0.6 is 0 Å². The molecule has 1 aromatic rings. The topological polar surface area (TPSA) is 114 Å². The molecule has 4 heterocycles. The third kappa shape index (κ3) is 3.50. The first-order valence-corrected chi connectivity index (χ1v) is 10.5. The summed E-state index contributed by atoms with van der Waals surface area (Å²) < 4.78 is 23.1. The van der Waals surface area contributed by atoms with Gasteiger partial charge in [0.1, 0.15) is 11.5 Å². The molecule has 10 heteroatoms. The number of anilines is 1. The molecular formula is C16H21N5O4S. The summed E-state index contributed by atoms with van der Waals surface area (Å²) in [6, 6.07) is -0.339. The van der Waals surface area contributed by atoms with Crippen molar-refractivity contribution in [2.24, 2.45) is 5.16 Å². The van der Waals surface area contributed by atoms with Crippen molar-refractivity contribution in [3.05, 3.63) is 18.6 Å². The predicted octanol–water partition coefficient (Wildman–Crippen LogP) is -0.105. The number of nitrogens with zero attached hydrogens (tertiary/aromatic N) is 4. The summed E-state index contributed by atoms with van der Waals surface area (Å²) >= 11 is 0. The van der Waals surface area contributed by atoms with Gasteiger partial charge in [-0.2, -0.15) is 0 Å². The first-order valence-electron chi connectivity index (χ1n) is 8.72. The number of aromatic nitrogens is 2. The van der Waals surface area contributed by atoms with E-state index >= 15 is 0 Å². The highest BCUT2D eigenvalue weighted by atomic mass is 32.2. The maximum absolute atomic E-state index is 12.4. The van der Waals surface area contributed by atoms with Gasteiger partial charge < -0.3 is 15.1 Å². The minimum Gasteiger partial charge on any atom is -0.386 e. The van der Waals surface area contributed by atoms with Crippen LogP contribution in [0.5, 0.6) is 0 Å². The van der Waals surface area contributed by atoms with Crippen molar-refractivity contribution in [2.75, 3.05) is 29.5 Å². The maximum atomic E-state index is 12.4. The molecule has 0 bridgehead atoms. The van der Waals surface area contributed by atoms with E-state index in [2.05, 4.69) is 25.3 Å². The summed E-state index contributed by atoms with van der Waals surface area (Å²) in [6.07, 6.45) is 7.57. The van der Waals surface area contributed by atoms with E-state index in [4.69, 9.17) is 4.84 Å². The monoisotopic (exact) mass is 379 g/mol. The standard InChI is InChI=1S/C16H21N5O4S/c22-15(19-12-2-7-26(23,24)10-12)13-8-16(25-20-13)3-1-6-21(11-16)14-9-17-4-5-18-14/h4-5,9,12H,1-3,6-8,10-11H2,(H,19,22). The Morgan fingerprint density at radius 2 is 2.27 bits per heavy atom. The molecule has 26 heavy (non-hydrogen) atoms. The molecule has 3 aliphatic heterocycles. The van der Waals surface area contributed by atoms with Gasteiger partial charge in [0.05, 0.1) is 24.2 Å². The molecule has 1 aromatic heterocycles. The Bertz CT molecular complexity index is 828. The van der Waals surface area contributed by atoms with E-state index in [1.54, 1.807) is 18.6 Å². The van der Waals surface area contributed by atoms with E-state index in [0.717, 1.165) is 25.2 Å². The number of nitrogens with one attached hydrogen (secondary N) is 1. The number of amides is 1. The number of rotatable bonds is 3. The Morgan fingerprint density at radius 3 is 3.00 bits per heavy atom. The molecule has 2 atom stereocenters. The van der Waals surface area contributed by atoms with E-state index in [-0.39, 0.29) is 23.5 Å². The highest BCUT2D eigenvalue weighted by Gasteiger charge is 2.45. The summed E-state index contributed by atoms with van der Waals surface area (Å²) in [5.74, 6) is 0.570. The lowest BCUT2D eigenvalue weighted by atomic mass is 9.88. The molecule has 3 aliphatic rings. The van der Waals surface area contributed by atoms with Crippen LogP contribution < -0.4 is 10.2 Å². The largest absolute Gasteiger partial charge is 0.386 e. The van der Waals surface area contributed by atoms with Crippen LogP contribution in [0.3, 0.4) is 0 Å². The first kappa shape index (κ1) is 17.2. The van der Waals surface area contributed by atoms with Gasteiger partial charge in [0.25, 0.3) is 5.91 Å². The summed E-state index contributed by atoms with van der Waals surface area (Å²) in [6.45, 7) is 1.44. The van der Waals surface area contributed by atoms with Crippen LogP contribution in [0.1, 0.15) is 25.7 Å². The average Bonchev–Trinajstić information content (AvgIpc) is 3.19. The van der Waals surface area contributed by atoms with Crippen LogP contribution in [-0.2, 0) is 19.5 Å². The Balaban J connectivity index is 1.38. The quantitative estimate of drug-likeness (QED) is 0.780. The van der Waals surface area contributed by atoms with E-state index in [1.807, 2.05) is 0 Å². The van der Waals surface area contributed by atoms with Gasteiger partial charge in [0.2, 0.25) is 0 Å². The summed E-state index contributed by atoms with van der Waals surface area (Å²) in [5, 5.41) is 6.79. The van der Waals surface area contributed by atoms with Gasteiger partial charge in [0.15, 0.2) is 15.4 Å².